The maximum Gasteiger partial charge on any atom is 0.281 e. The summed E-state index contributed by atoms with van der Waals surface area (Å²) in [6.07, 6.45) is 4.85. The Hall–Kier alpha value is -8.68. The minimum Gasteiger partial charge on any atom is -0.497 e. The highest BCUT2D eigenvalue weighted by atomic mass is 35.7. The number of hydrogen-bond acceptors (Lipinski definition) is 13. The molecule has 0 spiro atoms. The summed E-state index contributed by atoms with van der Waals surface area (Å²) in [7, 11) is -1.94. The molecule has 0 bridgehead atoms. The van der Waals surface area contributed by atoms with Crippen molar-refractivity contribution in [2.75, 3.05) is 20.0 Å². The molecule has 0 amide bonds. The molecule has 0 saturated heterocycles. The molecule has 2 N–H and O–H groups in total. The number of hydrogen-bond donors (Lipinski definition) is 1. The molecule has 4 heterocycles. The molecule has 0 aliphatic carbocycles. The van der Waals surface area contributed by atoms with Crippen LogP contribution in [-0.2, 0) is 59.7 Å². The number of benzene rings is 8. The Bertz CT molecular complexity index is 4460. The van der Waals surface area contributed by atoms with E-state index >= 15 is 0 Å². The third kappa shape index (κ3) is 16.6. The molecule has 15 nitrogen and oxygen atoms in total. The second-order valence-electron chi connectivity index (χ2n) is 20.2. The van der Waals surface area contributed by atoms with Crippen LogP contribution in [0.1, 0.15) is 57.9 Å². The van der Waals surface area contributed by atoms with E-state index in [-0.39, 0.29) is 27.5 Å². The number of rotatable bonds is 10. The van der Waals surface area contributed by atoms with Gasteiger partial charge in [-0.3, -0.25) is 9.59 Å². The number of halogens is 1. The fourth-order valence-corrected chi connectivity index (χ4v) is 12.8. The topological polar surface area (TPSA) is 217 Å². The lowest BCUT2D eigenvalue weighted by Gasteiger charge is -2.08. The van der Waals surface area contributed by atoms with Crippen LogP contribution in [0.2, 0.25) is 0 Å². The van der Waals surface area contributed by atoms with Crippen LogP contribution >= 0.6 is 10.7 Å². The van der Waals surface area contributed by atoms with E-state index < -0.39 is 28.7 Å². The van der Waals surface area contributed by atoms with Crippen LogP contribution in [0.5, 0.6) is 11.5 Å². The number of allylic oxidation sites excluding steroid dienone is 1. The lowest BCUT2D eigenvalue weighted by molar-refractivity contribution is 0.414. The molecular formula is C66H64ClN5O10S3. The van der Waals surface area contributed by atoms with Crippen LogP contribution in [0.4, 0.5) is 5.69 Å². The van der Waals surface area contributed by atoms with E-state index in [0.717, 1.165) is 111 Å². The predicted molar refractivity (Wildman–Crippen MR) is 338 cm³/mol. The number of anilines is 1. The van der Waals surface area contributed by atoms with Crippen molar-refractivity contribution >= 4 is 78.6 Å². The summed E-state index contributed by atoms with van der Waals surface area (Å²) in [5.41, 5.74) is 14.3. The van der Waals surface area contributed by atoms with Gasteiger partial charge in [0.2, 0.25) is 0 Å². The number of aromatic nitrogens is 4. The number of nitrogens with two attached hydrogens (primary N) is 1. The highest BCUT2D eigenvalue weighted by molar-refractivity contribution is 8.13. The molecule has 19 heteroatoms. The van der Waals surface area contributed by atoms with Crippen LogP contribution in [0.15, 0.2) is 218 Å². The van der Waals surface area contributed by atoms with Gasteiger partial charge in [-0.1, -0.05) is 114 Å². The number of aryl methyl sites for hydroxylation is 6. The molecule has 2 aromatic heterocycles. The fourth-order valence-electron chi connectivity index (χ4n) is 9.31. The first-order valence-corrected chi connectivity index (χ1v) is 32.6. The van der Waals surface area contributed by atoms with Crippen LogP contribution in [-0.4, -0.2) is 58.6 Å². The zero-order valence-electron chi connectivity index (χ0n) is 47.6. The zero-order chi connectivity index (χ0) is 60.9. The first-order chi connectivity index (χ1) is 40.6. The lowest BCUT2D eigenvalue weighted by atomic mass is 10.1. The molecule has 2 aliphatic heterocycles. The molecule has 8 aromatic carbocycles. The van der Waals surface area contributed by atoms with Crippen LogP contribution in [0.25, 0.3) is 33.5 Å². The molecule has 10 aromatic rings. The summed E-state index contributed by atoms with van der Waals surface area (Å²) in [5.74, 6) is 3.16. The van der Waals surface area contributed by atoms with E-state index in [9.17, 15) is 34.8 Å². The highest BCUT2D eigenvalue weighted by Gasteiger charge is 2.22. The largest absolute Gasteiger partial charge is 0.497 e. The van der Waals surface area contributed by atoms with Gasteiger partial charge in [0.1, 0.15) is 23.1 Å². The van der Waals surface area contributed by atoms with Gasteiger partial charge in [0.25, 0.3) is 20.2 Å². The molecule has 438 valence electrons. The summed E-state index contributed by atoms with van der Waals surface area (Å²) < 4.78 is 85.5. The Kier molecular flexibility index (Phi) is 20.4. The number of nitrogen functional groups attached to an aromatic ring is 1. The average molecular weight is 1220 g/mol. The van der Waals surface area contributed by atoms with Crippen molar-refractivity contribution in [1.82, 2.24) is 19.1 Å². The minimum absolute atomic E-state index is 0.0000548. The smallest absolute Gasteiger partial charge is 0.281 e. The van der Waals surface area contributed by atoms with E-state index in [4.69, 9.17) is 25.9 Å². The van der Waals surface area contributed by atoms with Crippen LogP contribution in [0.3, 0.4) is 0 Å². The number of ether oxygens (including phenoxy) is 2. The summed E-state index contributed by atoms with van der Waals surface area (Å²) in [6, 6.07) is 57.3. The monoisotopic (exact) mass is 1220 g/mol. The molecule has 0 atom stereocenters. The molecular weight excluding hydrogens is 1150 g/mol. The summed E-state index contributed by atoms with van der Waals surface area (Å²) in [5, 5.41) is 1.37. The third-order valence-corrected chi connectivity index (χ3v) is 18.7. The number of fused-ring (bicyclic) bond motifs is 6. The molecule has 0 saturated carbocycles. The van der Waals surface area contributed by atoms with Gasteiger partial charge >= 0.3 is 0 Å². The van der Waals surface area contributed by atoms with Crippen molar-refractivity contribution in [2.24, 2.45) is 0 Å². The fraction of sp³-hybridized carbons (Fsp3) is 0.182. The Labute approximate surface area is 499 Å². The average Bonchev–Trinajstić information content (AvgIpc) is 3.73. The summed E-state index contributed by atoms with van der Waals surface area (Å²) in [4.78, 5) is 33.3. The summed E-state index contributed by atoms with van der Waals surface area (Å²) >= 11 is 0. The van der Waals surface area contributed by atoms with Crippen molar-refractivity contribution in [3.63, 3.8) is 0 Å². The molecule has 85 heavy (non-hydrogen) atoms. The Morgan fingerprint density at radius 1 is 0.506 bits per heavy atom. The van der Waals surface area contributed by atoms with Gasteiger partial charge < -0.3 is 24.3 Å². The second-order valence-corrected chi connectivity index (χ2v) is 26.7. The molecule has 0 fully saturated rings. The van der Waals surface area contributed by atoms with Crippen molar-refractivity contribution < 1.29 is 34.7 Å². The minimum atomic E-state index is -3.55. The van der Waals surface area contributed by atoms with Gasteiger partial charge in [0.05, 0.1) is 62.2 Å². The quantitative estimate of drug-likeness (QED) is 0.0997. The van der Waals surface area contributed by atoms with Gasteiger partial charge in [-0.25, -0.2) is 25.3 Å². The van der Waals surface area contributed by atoms with Crippen LogP contribution < -0.4 is 26.3 Å². The zero-order valence-corrected chi connectivity index (χ0v) is 50.8. The maximum atomic E-state index is 12.7. The molecule has 2 aliphatic rings. The highest BCUT2D eigenvalue weighted by Crippen LogP contribution is 2.30. The van der Waals surface area contributed by atoms with Gasteiger partial charge in [-0.05, 0) is 159 Å². The van der Waals surface area contributed by atoms with Crippen LogP contribution in [0, 0.1) is 20.8 Å². The van der Waals surface area contributed by atoms with E-state index in [1.165, 1.54) is 12.1 Å². The van der Waals surface area contributed by atoms with Gasteiger partial charge in [-0.15, -0.1) is 0 Å². The lowest BCUT2D eigenvalue weighted by Crippen LogP contribution is -2.14. The van der Waals surface area contributed by atoms with Crippen molar-refractivity contribution in [3.05, 3.63) is 260 Å². The maximum absolute atomic E-state index is 12.7. The first-order valence-electron chi connectivity index (χ1n) is 27.0. The van der Waals surface area contributed by atoms with E-state index in [2.05, 4.69) is 19.1 Å². The van der Waals surface area contributed by atoms with Crippen molar-refractivity contribution in [3.8, 4) is 11.5 Å². The van der Waals surface area contributed by atoms with E-state index in [1.54, 1.807) is 99.1 Å². The van der Waals surface area contributed by atoms with Gasteiger partial charge in [0, 0.05) is 35.9 Å². The molecule has 0 radical (unpaired) electrons. The molecule has 12 rings (SSSR count). The number of sulfone groups is 2. The number of methoxy groups -OCH3 is 2. The second kappa shape index (κ2) is 27.8. The van der Waals surface area contributed by atoms with E-state index in [0.29, 0.717) is 21.0 Å². The Morgan fingerprint density at radius 2 is 0.929 bits per heavy atom. The third-order valence-electron chi connectivity index (χ3n) is 13.9. The predicted octanol–water partition coefficient (Wildman–Crippen LogP) is 12.1. The summed E-state index contributed by atoms with van der Waals surface area (Å²) in [6.45, 7) is 7.51. The normalized spacial score (nSPS) is 12.9. The SMILES string of the molecule is COc1ccc(CS(=O)(=O)c2ccc(C)cc2)cc1.COc1ccc(N)cc1.Cc1ccc(S(=O)(=O)Cc2ccc(/C=C3\CCn4c3nc(=O)c3ccccc34)cc2)cc1.Cc1ccc(S(=O)(=O)Cl)cc1.O=c1nc2n(c3ccccc13)CCC2. The van der Waals surface area contributed by atoms with E-state index in [1.807, 2.05) is 124 Å². The number of nitrogens with zero attached hydrogens (tertiary/aromatic N) is 4. The molecule has 0 unspecified atom stereocenters. The van der Waals surface area contributed by atoms with Crippen molar-refractivity contribution in [2.45, 2.75) is 79.3 Å². The van der Waals surface area contributed by atoms with Gasteiger partial charge in [-0.2, -0.15) is 9.97 Å². The van der Waals surface area contributed by atoms with Gasteiger partial charge in [0.15, 0.2) is 19.7 Å². The Balaban J connectivity index is 0.000000151. The van der Waals surface area contributed by atoms with Crippen molar-refractivity contribution in [1.29, 1.82) is 0 Å². The number of para-hydroxylation sites is 2. The Morgan fingerprint density at radius 3 is 1.40 bits per heavy atom. The first kappa shape index (κ1) is 62.4. The standard InChI is InChI=1S/C26H22N2O3S.C15H16O3S.C11H10N2O.C7H7ClO2S.C7H9NO/c1-18-6-12-22(13-7-18)32(30,31)17-20-10-8-19(9-11-20)16-21-14-15-28-24-5-3-2-4-23(24)26(29)27-25(21)28;1-12-3-9-15(10-4-12)19(16,17)11-13-5-7-14(18-2)8-6-13;14-11-8-4-1-2-5-9(8)13-7-3-6-10(13)12-11;1-6-2-4-7(5-3-6)11(8,9)10;1-9-7-4-2-6(8)3-5-7/h2-13,16H,14-15,17H2,1H3;3-10H,11H2,1-2H3;1-2,4-5H,3,6-7H2;2-5H,1H3;2-5H,8H2,1H3/b21-16+;;;;.